The van der Waals surface area contributed by atoms with Gasteiger partial charge in [-0.3, -0.25) is 0 Å². The highest BCUT2D eigenvalue weighted by molar-refractivity contribution is 4.34. The van der Waals surface area contributed by atoms with Gasteiger partial charge in [0.2, 0.25) is 0 Å². The summed E-state index contributed by atoms with van der Waals surface area (Å²) in [6.45, 7) is 2.92. The van der Waals surface area contributed by atoms with Crippen LogP contribution in [-0.2, 0) is 0 Å². The lowest BCUT2D eigenvalue weighted by Crippen LogP contribution is -2.03. The van der Waals surface area contributed by atoms with Crippen LogP contribution in [-0.4, -0.2) is 186 Å². The van der Waals surface area contributed by atoms with Gasteiger partial charge in [0.25, 0.3) is 0 Å². The van der Waals surface area contributed by atoms with Crippen LogP contribution in [0.3, 0.4) is 0 Å². The predicted octanol–water partition coefficient (Wildman–Crippen LogP) is -7.07. The van der Waals surface area contributed by atoms with E-state index in [-0.39, 0.29) is 85.9 Å². The Morgan fingerprint density at radius 2 is 0.343 bits per heavy atom. The van der Waals surface area contributed by atoms with Gasteiger partial charge in [-0.05, 0) is 20.8 Å². The number of aliphatic hydroxyl groups excluding tert-OH is 16. The Morgan fingerprint density at radius 3 is 0.343 bits per heavy atom. The molecule has 0 aliphatic carbocycles. The number of hydrogen-bond donors (Lipinski definition) is 16. The second-order valence-electron chi connectivity index (χ2n) is 5.33. The van der Waals surface area contributed by atoms with Crippen molar-refractivity contribution < 1.29 is 81.7 Å². The molecule has 0 amide bonds. The molecule has 0 spiro atoms. The van der Waals surface area contributed by atoms with E-state index in [1.54, 1.807) is 0 Å². The minimum Gasteiger partial charge on any atom is -0.394 e. The van der Waals surface area contributed by atoms with Crippen LogP contribution in [0.1, 0.15) is 20.8 Å². The molecule has 16 N–H and O–H groups in total. The van der Waals surface area contributed by atoms with Gasteiger partial charge >= 0.3 is 0 Å². The summed E-state index contributed by atoms with van der Waals surface area (Å²) in [5.74, 6) is 0. The molecule has 0 aliphatic rings. The third kappa shape index (κ3) is 306. The number of hydrogen-bond acceptors (Lipinski definition) is 16. The Labute approximate surface area is 207 Å². The van der Waals surface area contributed by atoms with Gasteiger partial charge in [0, 0.05) is 0 Å². The second kappa shape index (κ2) is 76.6. The SMILES string of the molecule is CC(O)CO.CC(O)CO.CC(O)CO.OCCO.OCCO.OCCO.OCCO.OCCO. The average molecular weight is 539 g/mol. The van der Waals surface area contributed by atoms with Crippen molar-refractivity contribution in [1.29, 1.82) is 0 Å². The normalized spacial score (nSPS) is 10.7. The minimum atomic E-state index is -0.560. The third-order valence-electron chi connectivity index (χ3n) is 1.29. The summed E-state index contributed by atoms with van der Waals surface area (Å²) >= 11 is 0. The molecule has 16 nitrogen and oxygen atoms in total. The van der Waals surface area contributed by atoms with Gasteiger partial charge in [-0.15, -0.1) is 0 Å². The quantitative estimate of drug-likeness (QED) is 0.136. The van der Waals surface area contributed by atoms with Crippen LogP contribution in [0.5, 0.6) is 0 Å². The van der Waals surface area contributed by atoms with E-state index in [4.69, 9.17) is 81.7 Å². The van der Waals surface area contributed by atoms with Crippen molar-refractivity contribution in [3.63, 3.8) is 0 Å². The first-order chi connectivity index (χ1) is 16.4. The van der Waals surface area contributed by atoms with Gasteiger partial charge in [0.05, 0.1) is 104 Å². The maximum atomic E-state index is 8.11. The lowest BCUT2D eigenvalue weighted by atomic mass is 10.5. The molecule has 0 fully saturated rings. The molecule has 16 heteroatoms. The van der Waals surface area contributed by atoms with Crippen molar-refractivity contribution in [1.82, 2.24) is 0 Å². The third-order valence-corrected chi connectivity index (χ3v) is 1.29. The van der Waals surface area contributed by atoms with E-state index >= 15 is 0 Å². The molecule has 0 aromatic heterocycles. The molecule has 0 bridgehead atoms. The van der Waals surface area contributed by atoms with Crippen LogP contribution in [0.4, 0.5) is 0 Å². The Hall–Kier alpha value is -0.640. The molecule has 0 aliphatic heterocycles. The number of rotatable bonds is 8. The molecule has 0 aromatic rings. The monoisotopic (exact) mass is 538 g/mol. The Balaban J connectivity index is -0.0000000398. The first-order valence-electron chi connectivity index (χ1n) is 10.3. The van der Waals surface area contributed by atoms with Crippen molar-refractivity contribution in [2.75, 3.05) is 85.9 Å². The number of aliphatic hydroxyl groups is 16. The summed E-state index contributed by atoms with van der Waals surface area (Å²) in [5.41, 5.74) is 0. The summed E-state index contributed by atoms with van der Waals surface area (Å²) in [6, 6.07) is 0. The van der Waals surface area contributed by atoms with Gasteiger partial charge in [0.1, 0.15) is 0 Å². The first-order valence-corrected chi connectivity index (χ1v) is 10.3. The van der Waals surface area contributed by atoms with Crippen molar-refractivity contribution in [2.24, 2.45) is 0 Å². The molecular weight excluding hydrogens is 484 g/mol. The summed E-state index contributed by atoms with van der Waals surface area (Å²) in [6.07, 6.45) is -1.68. The standard InChI is InChI=1S/3C3H8O2.5C2H6O2/c3*1-3(5)2-4;5*3-1-2-4/h3*3-5H,2H2,1H3;5*3-4H,1-2H2. The van der Waals surface area contributed by atoms with E-state index in [1.807, 2.05) is 0 Å². The first kappa shape index (κ1) is 55.0. The van der Waals surface area contributed by atoms with Crippen molar-refractivity contribution in [2.45, 2.75) is 39.1 Å². The topological polar surface area (TPSA) is 324 Å². The lowest BCUT2D eigenvalue weighted by Gasteiger charge is -1.90. The molecule has 3 atom stereocenters. The summed E-state index contributed by atoms with van der Waals surface area (Å²) < 4.78 is 0. The fraction of sp³-hybridized carbons (Fsp3) is 1.00. The van der Waals surface area contributed by atoms with Crippen LogP contribution < -0.4 is 0 Å². The minimum absolute atomic E-state index is 0.125. The summed E-state index contributed by atoms with van der Waals surface area (Å²) in [4.78, 5) is 0. The second-order valence-corrected chi connectivity index (χ2v) is 5.33. The Kier molecular flexibility index (Phi) is 120. The molecule has 0 aromatic carbocycles. The zero-order chi connectivity index (χ0) is 29.9. The molecule has 226 valence electrons. The van der Waals surface area contributed by atoms with E-state index in [2.05, 4.69) is 0 Å². The Morgan fingerprint density at radius 1 is 0.286 bits per heavy atom. The van der Waals surface area contributed by atoms with Crippen molar-refractivity contribution in [3.8, 4) is 0 Å². The van der Waals surface area contributed by atoms with E-state index < -0.39 is 18.3 Å². The maximum Gasteiger partial charge on any atom is 0.0742 e. The molecule has 0 saturated carbocycles. The van der Waals surface area contributed by atoms with Gasteiger partial charge < -0.3 is 81.7 Å². The fourth-order valence-electron chi connectivity index (χ4n) is 0. The lowest BCUT2D eigenvalue weighted by molar-refractivity contribution is 0.110. The van der Waals surface area contributed by atoms with E-state index in [0.29, 0.717) is 0 Å². The van der Waals surface area contributed by atoms with Gasteiger partial charge in [0.15, 0.2) is 0 Å². The summed E-state index contributed by atoms with van der Waals surface area (Å²) in [5, 5.41) is 124. The largest absolute Gasteiger partial charge is 0.394 e. The predicted molar refractivity (Wildman–Crippen MR) is 127 cm³/mol. The van der Waals surface area contributed by atoms with E-state index in [1.165, 1.54) is 20.8 Å². The molecule has 0 radical (unpaired) electrons. The Bertz CT molecular complexity index is 173. The molecule has 0 rings (SSSR count). The highest BCUT2D eigenvalue weighted by Crippen LogP contribution is 1.69. The fourth-order valence-corrected chi connectivity index (χ4v) is 0. The van der Waals surface area contributed by atoms with Crippen molar-refractivity contribution in [3.05, 3.63) is 0 Å². The van der Waals surface area contributed by atoms with Gasteiger partial charge in [-0.2, -0.15) is 0 Å². The van der Waals surface area contributed by atoms with Gasteiger partial charge in [-0.25, -0.2) is 0 Å². The highest BCUT2D eigenvalue weighted by Gasteiger charge is 1.84. The zero-order valence-electron chi connectivity index (χ0n) is 21.1. The van der Waals surface area contributed by atoms with Crippen LogP contribution in [0.2, 0.25) is 0 Å². The summed E-state index contributed by atoms with van der Waals surface area (Å²) in [7, 11) is 0. The highest BCUT2D eigenvalue weighted by atomic mass is 16.3. The molecule has 3 unspecified atom stereocenters. The van der Waals surface area contributed by atoms with Crippen LogP contribution in [0.25, 0.3) is 0 Å². The van der Waals surface area contributed by atoms with Crippen molar-refractivity contribution >= 4 is 0 Å². The molecular formula is C19H54O16. The van der Waals surface area contributed by atoms with Crippen LogP contribution in [0.15, 0.2) is 0 Å². The molecule has 0 heterocycles. The average Bonchev–Trinajstić information content (AvgIpc) is 2.89. The maximum absolute atomic E-state index is 8.11. The van der Waals surface area contributed by atoms with Crippen LogP contribution >= 0.6 is 0 Å². The molecule has 35 heavy (non-hydrogen) atoms. The van der Waals surface area contributed by atoms with E-state index in [9.17, 15) is 0 Å². The van der Waals surface area contributed by atoms with E-state index in [0.717, 1.165) is 0 Å². The van der Waals surface area contributed by atoms with Crippen LogP contribution in [0, 0.1) is 0 Å². The van der Waals surface area contributed by atoms with Gasteiger partial charge in [-0.1, -0.05) is 0 Å². The smallest absolute Gasteiger partial charge is 0.0742 e. The molecule has 0 saturated heterocycles. The zero-order valence-corrected chi connectivity index (χ0v) is 21.1.